The molecule has 0 saturated heterocycles. The molecule has 6 nitrogen and oxygen atoms in total. The van der Waals surface area contributed by atoms with E-state index < -0.39 is 11.9 Å². The van der Waals surface area contributed by atoms with E-state index >= 15 is 0 Å². The summed E-state index contributed by atoms with van der Waals surface area (Å²) in [5.41, 5.74) is -0.786. The van der Waals surface area contributed by atoms with Gasteiger partial charge in [0.05, 0.1) is 0 Å². The molecule has 0 aliphatic carbocycles. The van der Waals surface area contributed by atoms with E-state index in [2.05, 4.69) is 20.0 Å². The minimum Gasteiger partial charge on any atom is -0.339 e. The van der Waals surface area contributed by atoms with Crippen LogP contribution in [0.5, 0.6) is 0 Å². The van der Waals surface area contributed by atoms with E-state index in [4.69, 9.17) is 4.52 Å². The topological polar surface area (TPSA) is 60.0 Å². The minimum atomic E-state index is -4.37. The summed E-state index contributed by atoms with van der Waals surface area (Å²) >= 11 is 0. The fraction of sp³-hybridized carbons (Fsp3) is 0.688. The van der Waals surface area contributed by atoms with Crippen molar-refractivity contribution < 1.29 is 17.7 Å². The SMILES string of the molecule is Cc1noc(CCCN(C)C[C@H]2CCc3nc(C(F)(F)F)cn3C2)n1. The first-order valence-corrected chi connectivity index (χ1v) is 8.42. The van der Waals surface area contributed by atoms with Gasteiger partial charge in [-0.3, -0.25) is 0 Å². The van der Waals surface area contributed by atoms with Crippen molar-refractivity contribution in [2.45, 2.75) is 45.3 Å². The lowest BCUT2D eigenvalue weighted by atomic mass is 9.99. The number of aryl methyl sites for hydroxylation is 3. The van der Waals surface area contributed by atoms with Crippen molar-refractivity contribution in [3.8, 4) is 0 Å². The molecule has 0 saturated carbocycles. The predicted octanol–water partition coefficient (Wildman–Crippen LogP) is 2.72. The fourth-order valence-electron chi connectivity index (χ4n) is 3.27. The largest absolute Gasteiger partial charge is 0.434 e. The first-order valence-electron chi connectivity index (χ1n) is 8.42. The predicted molar refractivity (Wildman–Crippen MR) is 83.9 cm³/mol. The molecule has 0 fully saturated rings. The van der Waals surface area contributed by atoms with Crippen LogP contribution in [0, 0.1) is 12.8 Å². The number of hydrogen-bond acceptors (Lipinski definition) is 5. The van der Waals surface area contributed by atoms with Gasteiger partial charge in [0.1, 0.15) is 5.82 Å². The first kappa shape index (κ1) is 17.9. The molecule has 0 N–H and O–H groups in total. The highest BCUT2D eigenvalue weighted by atomic mass is 19.4. The molecule has 2 aromatic heterocycles. The van der Waals surface area contributed by atoms with Crippen LogP contribution in [0.3, 0.4) is 0 Å². The van der Waals surface area contributed by atoms with Crippen molar-refractivity contribution in [1.29, 1.82) is 0 Å². The van der Waals surface area contributed by atoms with Gasteiger partial charge in [-0.1, -0.05) is 5.16 Å². The van der Waals surface area contributed by atoms with Gasteiger partial charge in [0.25, 0.3) is 0 Å². The molecular formula is C16H22F3N5O. The third-order valence-corrected chi connectivity index (χ3v) is 4.45. The number of alkyl halides is 3. The Morgan fingerprint density at radius 1 is 1.36 bits per heavy atom. The molecule has 0 unspecified atom stereocenters. The van der Waals surface area contributed by atoms with E-state index in [1.807, 2.05) is 7.05 Å². The molecule has 9 heteroatoms. The van der Waals surface area contributed by atoms with Crippen LogP contribution in [0.25, 0.3) is 0 Å². The van der Waals surface area contributed by atoms with Crippen LogP contribution in [-0.2, 0) is 25.6 Å². The molecule has 1 aliphatic heterocycles. The quantitative estimate of drug-likeness (QED) is 0.796. The minimum absolute atomic E-state index is 0.332. The maximum atomic E-state index is 12.8. The lowest BCUT2D eigenvalue weighted by molar-refractivity contribution is -0.141. The fourth-order valence-corrected chi connectivity index (χ4v) is 3.27. The average molecular weight is 357 g/mol. The number of aromatic nitrogens is 4. The Morgan fingerprint density at radius 2 is 2.16 bits per heavy atom. The van der Waals surface area contributed by atoms with Crippen molar-refractivity contribution in [3.63, 3.8) is 0 Å². The van der Waals surface area contributed by atoms with Crippen molar-refractivity contribution in [3.05, 3.63) is 29.4 Å². The highest BCUT2D eigenvalue weighted by molar-refractivity contribution is 5.09. The lowest BCUT2D eigenvalue weighted by Crippen LogP contribution is -2.32. The number of fused-ring (bicyclic) bond motifs is 1. The zero-order valence-corrected chi connectivity index (χ0v) is 14.4. The molecule has 0 amide bonds. The third kappa shape index (κ3) is 4.59. The van der Waals surface area contributed by atoms with Crippen molar-refractivity contribution >= 4 is 0 Å². The molecule has 0 aromatic carbocycles. The van der Waals surface area contributed by atoms with Gasteiger partial charge >= 0.3 is 6.18 Å². The summed E-state index contributed by atoms with van der Waals surface area (Å²) in [7, 11) is 2.03. The van der Waals surface area contributed by atoms with Gasteiger partial charge in [0, 0.05) is 32.1 Å². The van der Waals surface area contributed by atoms with Gasteiger partial charge in [-0.05, 0) is 39.3 Å². The van der Waals surface area contributed by atoms with Gasteiger partial charge in [0.15, 0.2) is 11.5 Å². The molecule has 3 rings (SSSR count). The van der Waals surface area contributed by atoms with Crippen molar-refractivity contribution in [1.82, 2.24) is 24.6 Å². The summed E-state index contributed by atoms with van der Waals surface area (Å²) in [6.07, 6.45) is -0.143. The highest BCUT2D eigenvalue weighted by Crippen LogP contribution is 2.30. The molecule has 3 heterocycles. The van der Waals surface area contributed by atoms with Gasteiger partial charge in [0.2, 0.25) is 5.89 Å². The van der Waals surface area contributed by atoms with Crippen LogP contribution < -0.4 is 0 Å². The van der Waals surface area contributed by atoms with Crippen LogP contribution in [0.4, 0.5) is 13.2 Å². The highest BCUT2D eigenvalue weighted by Gasteiger charge is 2.35. The summed E-state index contributed by atoms with van der Waals surface area (Å²) in [5, 5.41) is 3.76. The van der Waals surface area contributed by atoms with Gasteiger partial charge < -0.3 is 14.0 Å². The van der Waals surface area contributed by atoms with E-state index in [1.54, 1.807) is 11.5 Å². The van der Waals surface area contributed by atoms with Crippen LogP contribution >= 0.6 is 0 Å². The Hall–Kier alpha value is -1.90. The molecule has 0 bridgehead atoms. The van der Waals surface area contributed by atoms with Crippen LogP contribution in [0.1, 0.15) is 36.1 Å². The maximum absolute atomic E-state index is 12.8. The van der Waals surface area contributed by atoms with E-state index in [-0.39, 0.29) is 0 Å². The Labute approximate surface area is 144 Å². The molecule has 138 valence electrons. The first-order chi connectivity index (χ1) is 11.8. The van der Waals surface area contributed by atoms with E-state index in [0.717, 1.165) is 38.5 Å². The smallest absolute Gasteiger partial charge is 0.339 e. The molecular weight excluding hydrogens is 335 g/mol. The number of halogens is 3. The Bertz CT molecular complexity index is 709. The monoisotopic (exact) mass is 357 g/mol. The molecule has 0 spiro atoms. The number of rotatable bonds is 6. The van der Waals surface area contributed by atoms with Crippen LogP contribution in [-0.4, -0.2) is 44.7 Å². The average Bonchev–Trinajstić information content (AvgIpc) is 3.12. The van der Waals surface area contributed by atoms with E-state index in [9.17, 15) is 13.2 Å². The zero-order chi connectivity index (χ0) is 18.0. The Morgan fingerprint density at radius 3 is 2.84 bits per heavy atom. The number of hydrogen-bond donors (Lipinski definition) is 0. The normalized spacial score (nSPS) is 17.9. The molecule has 2 aromatic rings. The Kier molecular flexibility index (Phi) is 5.12. The van der Waals surface area contributed by atoms with Gasteiger partial charge in [-0.2, -0.15) is 18.2 Å². The third-order valence-electron chi connectivity index (χ3n) is 4.45. The van der Waals surface area contributed by atoms with Gasteiger partial charge in [-0.25, -0.2) is 4.98 Å². The second-order valence-electron chi connectivity index (χ2n) is 6.70. The Balaban J connectivity index is 1.46. The molecule has 25 heavy (non-hydrogen) atoms. The second kappa shape index (κ2) is 7.15. The van der Waals surface area contributed by atoms with Crippen molar-refractivity contribution in [2.24, 2.45) is 5.92 Å². The number of imidazole rings is 1. The second-order valence-corrected chi connectivity index (χ2v) is 6.70. The van der Waals surface area contributed by atoms with Crippen LogP contribution in [0.15, 0.2) is 10.7 Å². The summed E-state index contributed by atoms with van der Waals surface area (Å²) < 4.78 is 45.0. The maximum Gasteiger partial charge on any atom is 0.434 e. The molecule has 1 atom stereocenters. The van der Waals surface area contributed by atoms with Crippen LogP contribution in [0.2, 0.25) is 0 Å². The molecule has 1 aliphatic rings. The summed E-state index contributed by atoms with van der Waals surface area (Å²) in [5.74, 6) is 2.16. The summed E-state index contributed by atoms with van der Waals surface area (Å²) in [6, 6.07) is 0. The van der Waals surface area contributed by atoms with E-state index in [1.165, 1.54) is 0 Å². The number of nitrogens with zero attached hydrogens (tertiary/aromatic N) is 5. The standard InChI is InChI=1S/C16H22F3N5O/c1-11-20-15(25-22-11)4-3-7-23(2)8-12-5-6-14-21-13(16(17,18)19)10-24(14)9-12/h10,12H,3-9H2,1-2H3/t12-/m1/s1. The lowest BCUT2D eigenvalue weighted by Gasteiger charge is -2.28. The summed E-state index contributed by atoms with van der Waals surface area (Å²) in [6.45, 7) is 4.10. The van der Waals surface area contributed by atoms with Crippen molar-refractivity contribution in [2.75, 3.05) is 20.1 Å². The zero-order valence-electron chi connectivity index (χ0n) is 14.4. The molecule has 0 radical (unpaired) electrons. The van der Waals surface area contributed by atoms with Gasteiger partial charge in [-0.15, -0.1) is 0 Å². The van der Waals surface area contributed by atoms with E-state index in [0.29, 0.717) is 36.4 Å². The summed E-state index contributed by atoms with van der Waals surface area (Å²) in [4.78, 5) is 10.1.